The van der Waals surface area contributed by atoms with Crippen LogP contribution in [0.1, 0.15) is 27.2 Å². The van der Waals surface area contributed by atoms with E-state index in [0.717, 1.165) is 0 Å². The van der Waals surface area contributed by atoms with Crippen LogP contribution in [-0.2, 0) is 0 Å². The molecule has 0 amide bonds. The fourth-order valence-electron chi connectivity index (χ4n) is 0.984. The molecule has 0 aliphatic rings. The number of alkyl halides is 2. The summed E-state index contributed by atoms with van der Waals surface area (Å²) in [5.41, 5.74) is 10.5. The molecule has 68 valence electrons. The molecule has 0 radical (unpaired) electrons. The van der Waals surface area contributed by atoms with Crippen molar-refractivity contribution in [3.8, 4) is 0 Å². The number of hydrogen-bond acceptors (Lipinski definition) is 2. The second-order valence-corrected chi connectivity index (χ2v) is 5.02. The second kappa shape index (κ2) is 3.48. The Hall–Kier alpha value is 0.500. The van der Waals surface area contributed by atoms with Crippen LogP contribution in [0.2, 0.25) is 0 Å². The van der Waals surface area contributed by atoms with Crippen molar-refractivity contribution in [2.45, 2.75) is 37.2 Å². The lowest BCUT2D eigenvalue weighted by Crippen LogP contribution is -2.57. The summed E-state index contributed by atoms with van der Waals surface area (Å²) in [5, 5.41) is 0. The SMILES string of the molecule is CC(C)CC(C)(N)C(N)(Cl)Cl. The van der Waals surface area contributed by atoms with Gasteiger partial charge in [-0.2, -0.15) is 0 Å². The van der Waals surface area contributed by atoms with Gasteiger partial charge in [0.05, 0.1) is 5.54 Å². The molecule has 0 saturated heterocycles. The molecule has 0 saturated carbocycles. The molecule has 1 unspecified atom stereocenters. The first-order valence-electron chi connectivity index (χ1n) is 3.62. The zero-order valence-corrected chi connectivity index (χ0v) is 8.71. The van der Waals surface area contributed by atoms with Crippen LogP contribution in [0.5, 0.6) is 0 Å². The molecule has 2 nitrogen and oxygen atoms in total. The fraction of sp³-hybridized carbons (Fsp3) is 1.00. The van der Waals surface area contributed by atoms with E-state index in [-0.39, 0.29) is 0 Å². The minimum absolute atomic E-state index is 0.436. The molecule has 0 aliphatic carbocycles. The Morgan fingerprint density at radius 1 is 1.27 bits per heavy atom. The third kappa shape index (κ3) is 3.61. The molecule has 0 bridgehead atoms. The Bertz CT molecular complexity index is 127. The van der Waals surface area contributed by atoms with Crippen molar-refractivity contribution < 1.29 is 0 Å². The molecular formula is C7H16Cl2N2. The van der Waals surface area contributed by atoms with E-state index in [1.54, 1.807) is 6.92 Å². The van der Waals surface area contributed by atoms with Gasteiger partial charge in [0.25, 0.3) is 0 Å². The van der Waals surface area contributed by atoms with Crippen molar-refractivity contribution in [3.63, 3.8) is 0 Å². The van der Waals surface area contributed by atoms with Crippen LogP contribution >= 0.6 is 23.2 Å². The van der Waals surface area contributed by atoms with Gasteiger partial charge in [-0.05, 0) is 19.3 Å². The first-order chi connectivity index (χ1) is 4.67. The Balaban J connectivity index is 4.22. The average Bonchev–Trinajstić information content (AvgIpc) is 1.56. The number of hydrogen-bond donors (Lipinski definition) is 2. The maximum atomic E-state index is 5.81. The van der Waals surface area contributed by atoms with Crippen molar-refractivity contribution in [2.24, 2.45) is 17.4 Å². The van der Waals surface area contributed by atoms with Gasteiger partial charge in [-0.25, -0.2) is 0 Å². The predicted octanol–water partition coefficient (Wildman–Crippen LogP) is 1.84. The summed E-state index contributed by atoms with van der Waals surface area (Å²) in [4.78, 5) is 0. The maximum absolute atomic E-state index is 5.81. The molecule has 0 aromatic carbocycles. The highest BCUT2D eigenvalue weighted by molar-refractivity contribution is 6.48. The summed E-state index contributed by atoms with van der Waals surface area (Å²) in [6, 6.07) is 0. The van der Waals surface area contributed by atoms with Crippen LogP contribution in [0.4, 0.5) is 0 Å². The van der Waals surface area contributed by atoms with Crippen LogP contribution in [0.3, 0.4) is 0 Å². The molecule has 0 aliphatic heterocycles. The van der Waals surface area contributed by atoms with Gasteiger partial charge in [0.2, 0.25) is 0 Å². The highest BCUT2D eigenvalue weighted by Gasteiger charge is 2.39. The van der Waals surface area contributed by atoms with Crippen molar-refractivity contribution in [1.29, 1.82) is 0 Å². The predicted molar refractivity (Wildman–Crippen MR) is 50.7 cm³/mol. The van der Waals surface area contributed by atoms with E-state index in [1.165, 1.54) is 0 Å². The van der Waals surface area contributed by atoms with E-state index < -0.39 is 10.00 Å². The average molecular weight is 199 g/mol. The van der Waals surface area contributed by atoms with E-state index >= 15 is 0 Å². The summed E-state index contributed by atoms with van der Waals surface area (Å²) >= 11 is 11.4. The lowest BCUT2D eigenvalue weighted by Gasteiger charge is -2.35. The van der Waals surface area contributed by atoms with E-state index in [2.05, 4.69) is 0 Å². The van der Waals surface area contributed by atoms with Gasteiger partial charge < -0.3 is 5.73 Å². The topological polar surface area (TPSA) is 52.0 Å². The monoisotopic (exact) mass is 198 g/mol. The van der Waals surface area contributed by atoms with Gasteiger partial charge >= 0.3 is 0 Å². The molecule has 4 N–H and O–H groups in total. The molecule has 4 heteroatoms. The summed E-state index contributed by atoms with van der Waals surface area (Å²) in [7, 11) is 0. The molecular weight excluding hydrogens is 183 g/mol. The van der Waals surface area contributed by atoms with E-state index in [4.69, 9.17) is 34.7 Å². The molecule has 0 aromatic rings. The van der Waals surface area contributed by atoms with Gasteiger partial charge in [-0.15, -0.1) is 0 Å². The van der Waals surface area contributed by atoms with Crippen molar-refractivity contribution >= 4 is 23.2 Å². The van der Waals surface area contributed by atoms with Crippen molar-refractivity contribution in [1.82, 2.24) is 0 Å². The number of halogens is 2. The van der Waals surface area contributed by atoms with Crippen molar-refractivity contribution in [3.05, 3.63) is 0 Å². The smallest absolute Gasteiger partial charge is 0.184 e. The second-order valence-electron chi connectivity index (χ2n) is 3.64. The van der Waals surface area contributed by atoms with Crippen LogP contribution in [0, 0.1) is 5.92 Å². The van der Waals surface area contributed by atoms with Gasteiger partial charge in [0.1, 0.15) is 0 Å². The third-order valence-electron chi connectivity index (χ3n) is 1.59. The maximum Gasteiger partial charge on any atom is 0.184 e. The zero-order valence-electron chi connectivity index (χ0n) is 7.20. The quantitative estimate of drug-likeness (QED) is 0.538. The molecule has 0 fully saturated rings. The normalized spacial score (nSPS) is 18.5. The Morgan fingerprint density at radius 3 is 1.73 bits per heavy atom. The van der Waals surface area contributed by atoms with Crippen LogP contribution in [0.15, 0.2) is 0 Å². The summed E-state index contributed by atoms with van der Waals surface area (Å²) < 4.78 is -1.35. The fourth-order valence-corrected chi connectivity index (χ4v) is 1.14. The van der Waals surface area contributed by atoms with E-state index in [9.17, 15) is 0 Å². The third-order valence-corrected chi connectivity index (χ3v) is 2.46. The number of rotatable bonds is 3. The van der Waals surface area contributed by atoms with Gasteiger partial charge in [-0.3, -0.25) is 5.73 Å². The van der Waals surface area contributed by atoms with E-state index in [1.807, 2.05) is 13.8 Å². The highest BCUT2D eigenvalue weighted by Crippen LogP contribution is 2.31. The van der Waals surface area contributed by atoms with Crippen LogP contribution in [-0.4, -0.2) is 10.00 Å². The number of nitrogens with two attached hydrogens (primary N) is 2. The summed E-state index contributed by atoms with van der Waals surface area (Å²) in [5.74, 6) is 0.436. The van der Waals surface area contributed by atoms with Gasteiger partial charge in [-0.1, -0.05) is 37.0 Å². The minimum Gasteiger partial charge on any atom is -0.322 e. The Morgan fingerprint density at radius 2 is 1.64 bits per heavy atom. The summed E-state index contributed by atoms with van der Waals surface area (Å²) in [6.45, 7) is 5.85. The van der Waals surface area contributed by atoms with Gasteiger partial charge in [0.15, 0.2) is 4.46 Å². The summed E-state index contributed by atoms with van der Waals surface area (Å²) in [6.07, 6.45) is 0.705. The van der Waals surface area contributed by atoms with Gasteiger partial charge in [0, 0.05) is 0 Å². The van der Waals surface area contributed by atoms with Crippen molar-refractivity contribution in [2.75, 3.05) is 0 Å². The first-order valence-corrected chi connectivity index (χ1v) is 4.38. The lowest BCUT2D eigenvalue weighted by atomic mass is 9.91. The highest BCUT2D eigenvalue weighted by atomic mass is 35.5. The molecule has 1 atom stereocenters. The molecule has 11 heavy (non-hydrogen) atoms. The van der Waals surface area contributed by atoms with E-state index in [0.29, 0.717) is 12.3 Å². The largest absolute Gasteiger partial charge is 0.322 e. The first kappa shape index (κ1) is 11.5. The Labute approximate surface area is 78.2 Å². The standard InChI is InChI=1S/C7H16Cl2N2/c1-5(2)4-6(3,10)7(8,9)11/h5H,4,10-11H2,1-3H3. The zero-order chi connectivity index (χ0) is 9.28. The molecule has 0 spiro atoms. The van der Waals surface area contributed by atoms with Crippen LogP contribution < -0.4 is 11.5 Å². The molecule has 0 rings (SSSR count). The molecule has 0 aromatic heterocycles. The van der Waals surface area contributed by atoms with Crippen LogP contribution in [0.25, 0.3) is 0 Å². The molecule has 0 heterocycles. The Kier molecular flexibility index (Phi) is 3.64. The minimum atomic E-state index is -1.35. The lowest BCUT2D eigenvalue weighted by molar-refractivity contribution is 0.335.